The topological polar surface area (TPSA) is 52.6 Å². The third kappa shape index (κ3) is 5.29. The minimum atomic E-state index is 0.827. The Kier molecular flexibility index (Phi) is 6.40. The number of nitrogens with zero attached hydrogens (tertiary/aromatic N) is 3. The first-order chi connectivity index (χ1) is 12.3. The van der Waals surface area contributed by atoms with Crippen molar-refractivity contribution in [2.24, 2.45) is 4.99 Å². The molecule has 1 aliphatic heterocycles. The van der Waals surface area contributed by atoms with Crippen LogP contribution in [0.4, 0.5) is 0 Å². The molecular formula is C20H27N5. The van der Waals surface area contributed by atoms with Crippen LogP contribution in [0.2, 0.25) is 0 Å². The summed E-state index contributed by atoms with van der Waals surface area (Å²) in [5, 5.41) is 6.76. The van der Waals surface area contributed by atoms with Gasteiger partial charge >= 0.3 is 0 Å². The van der Waals surface area contributed by atoms with E-state index < -0.39 is 0 Å². The van der Waals surface area contributed by atoms with E-state index in [-0.39, 0.29) is 0 Å². The highest BCUT2D eigenvalue weighted by Crippen LogP contribution is 2.17. The molecule has 5 nitrogen and oxygen atoms in total. The molecule has 0 amide bonds. The zero-order chi connectivity index (χ0) is 17.3. The summed E-state index contributed by atoms with van der Waals surface area (Å²) in [6.45, 7) is 4.92. The van der Waals surface area contributed by atoms with Gasteiger partial charge in [0.05, 0.1) is 0 Å². The highest BCUT2D eigenvalue weighted by Gasteiger charge is 2.14. The molecule has 0 bridgehead atoms. The average Bonchev–Trinajstić information content (AvgIpc) is 2.67. The monoisotopic (exact) mass is 337 g/mol. The molecule has 132 valence electrons. The van der Waals surface area contributed by atoms with Gasteiger partial charge < -0.3 is 10.6 Å². The quantitative estimate of drug-likeness (QED) is 0.624. The van der Waals surface area contributed by atoms with Gasteiger partial charge in [-0.1, -0.05) is 30.3 Å². The molecule has 0 radical (unpaired) electrons. The van der Waals surface area contributed by atoms with Crippen molar-refractivity contribution in [2.75, 3.05) is 33.2 Å². The summed E-state index contributed by atoms with van der Waals surface area (Å²) in [6.07, 6.45) is 3.87. The first-order valence-electron chi connectivity index (χ1n) is 8.99. The van der Waals surface area contributed by atoms with Gasteiger partial charge in [0.15, 0.2) is 5.96 Å². The molecule has 2 heterocycles. The number of rotatable bonds is 6. The maximum Gasteiger partial charge on any atom is 0.191 e. The van der Waals surface area contributed by atoms with Gasteiger partial charge in [0.2, 0.25) is 0 Å². The number of benzene rings is 1. The van der Waals surface area contributed by atoms with Gasteiger partial charge in [-0.15, -0.1) is 0 Å². The van der Waals surface area contributed by atoms with Crippen molar-refractivity contribution < 1.29 is 0 Å². The second kappa shape index (κ2) is 9.18. The van der Waals surface area contributed by atoms with Crippen LogP contribution in [0.5, 0.6) is 0 Å². The van der Waals surface area contributed by atoms with E-state index in [0.717, 1.165) is 57.2 Å². The van der Waals surface area contributed by atoms with Gasteiger partial charge in [-0.05, 0) is 29.7 Å². The number of pyridine rings is 1. The van der Waals surface area contributed by atoms with Gasteiger partial charge in [-0.2, -0.15) is 0 Å². The molecule has 2 N–H and O–H groups in total. The van der Waals surface area contributed by atoms with Crippen LogP contribution in [0, 0.1) is 0 Å². The lowest BCUT2D eigenvalue weighted by atomic mass is 10.00. The summed E-state index contributed by atoms with van der Waals surface area (Å²) >= 11 is 0. The maximum absolute atomic E-state index is 4.34. The second-order valence-electron chi connectivity index (χ2n) is 6.29. The van der Waals surface area contributed by atoms with Crippen LogP contribution in [0.1, 0.15) is 16.8 Å². The molecule has 1 aromatic carbocycles. The number of hydrogen-bond donors (Lipinski definition) is 2. The number of nitrogens with one attached hydrogen (secondary N) is 2. The fourth-order valence-electron chi connectivity index (χ4n) is 3.15. The summed E-state index contributed by atoms with van der Waals surface area (Å²) in [6, 6.07) is 14.8. The van der Waals surface area contributed by atoms with E-state index in [2.05, 4.69) is 49.8 Å². The van der Waals surface area contributed by atoms with E-state index in [4.69, 9.17) is 0 Å². The Balaban J connectivity index is 1.36. The van der Waals surface area contributed by atoms with E-state index >= 15 is 0 Å². The first kappa shape index (κ1) is 17.4. The van der Waals surface area contributed by atoms with E-state index in [0.29, 0.717) is 0 Å². The number of aliphatic imine (C=N–C) groups is 1. The fourth-order valence-corrected chi connectivity index (χ4v) is 3.15. The Morgan fingerprint density at radius 3 is 2.68 bits per heavy atom. The predicted octanol–water partition coefficient (Wildman–Crippen LogP) is 1.85. The van der Waals surface area contributed by atoms with Gasteiger partial charge in [-0.3, -0.25) is 14.9 Å². The Morgan fingerprint density at radius 1 is 1.08 bits per heavy atom. The van der Waals surface area contributed by atoms with Crippen LogP contribution in [-0.2, 0) is 19.4 Å². The van der Waals surface area contributed by atoms with E-state index in [1.165, 1.54) is 11.1 Å². The maximum atomic E-state index is 4.34. The molecule has 0 saturated heterocycles. The van der Waals surface area contributed by atoms with Crippen molar-refractivity contribution in [3.8, 4) is 0 Å². The second-order valence-corrected chi connectivity index (χ2v) is 6.29. The van der Waals surface area contributed by atoms with Crippen LogP contribution in [0.25, 0.3) is 0 Å². The minimum absolute atomic E-state index is 0.827. The molecule has 0 spiro atoms. The molecule has 0 atom stereocenters. The van der Waals surface area contributed by atoms with Crippen molar-refractivity contribution >= 4 is 5.96 Å². The van der Waals surface area contributed by atoms with Gasteiger partial charge in [-0.25, -0.2) is 0 Å². The third-order valence-corrected chi connectivity index (χ3v) is 4.55. The molecule has 3 rings (SSSR count). The highest BCUT2D eigenvalue weighted by atomic mass is 15.2. The Labute approximate surface area is 150 Å². The van der Waals surface area contributed by atoms with Crippen molar-refractivity contribution in [3.05, 3.63) is 65.5 Å². The lowest BCUT2D eigenvalue weighted by Gasteiger charge is -2.28. The molecule has 0 aliphatic carbocycles. The smallest absolute Gasteiger partial charge is 0.191 e. The standard InChI is InChI=1S/C20H27N5/c1-21-20(23-12-9-19-8-4-5-11-22-19)24-13-15-25-14-10-17-6-2-3-7-18(17)16-25/h2-8,11H,9-10,12-16H2,1H3,(H2,21,23,24). The Morgan fingerprint density at radius 2 is 1.88 bits per heavy atom. The SMILES string of the molecule is CN=C(NCCc1ccccn1)NCCN1CCc2ccccc2C1. The predicted molar refractivity (Wildman–Crippen MR) is 103 cm³/mol. The van der Waals surface area contributed by atoms with E-state index in [9.17, 15) is 0 Å². The zero-order valence-corrected chi connectivity index (χ0v) is 14.9. The van der Waals surface area contributed by atoms with Crippen molar-refractivity contribution in [1.82, 2.24) is 20.5 Å². The fraction of sp³-hybridized carbons (Fsp3) is 0.400. The van der Waals surface area contributed by atoms with E-state index in [1.54, 1.807) is 0 Å². The van der Waals surface area contributed by atoms with Crippen LogP contribution in [-0.4, -0.2) is 49.1 Å². The minimum Gasteiger partial charge on any atom is -0.356 e. The van der Waals surface area contributed by atoms with Crippen LogP contribution >= 0.6 is 0 Å². The summed E-state index contributed by atoms with van der Waals surface area (Å²) in [5.74, 6) is 0.855. The number of fused-ring (bicyclic) bond motifs is 1. The number of hydrogen-bond acceptors (Lipinski definition) is 3. The summed E-state index contributed by atoms with van der Waals surface area (Å²) < 4.78 is 0. The highest BCUT2D eigenvalue weighted by molar-refractivity contribution is 5.79. The Hall–Kier alpha value is -2.40. The molecule has 0 fully saturated rings. The molecule has 1 aromatic heterocycles. The molecule has 0 unspecified atom stereocenters. The largest absolute Gasteiger partial charge is 0.356 e. The summed E-state index contributed by atoms with van der Waals surface area (Å²) in [5.41, 5.74) is 4.06. The normalized spacial score (nSPS) is 14.8. The lowest BCUT2D eigenvalue weighted by molar-refractivity contribution is 0.258. The number of guanidine groups is 1. The van der Waals surface area contributed by atoms with Crippen molar-refractivity contribution in [3.63, 3.8) is 0 Å². The van der Waals surface area contributed by atoms with Gasteiger partial charge in [0.1, 0.15) is 0 Å². The zero-order valence-electron chi connectivity index (χ0n) is 14.9. The Bertz CT molecular complexity index is 683. The molecule has 2 aromatic rings. The van der Waals surface area contributed by atoms with Crippen LogP contribution in [0.15, 0.2) is 53.7 Å². The molecule has 25 heavy (non-hydrogen) atoms. The lowest BCUT2D eigenvalue weighted by Crippen LogP contribution is -2.43. The van der Waals surface area contributed by atoms with Crippen LogP contribution in [0.3, 0.4) is 0 Å². The average molecular weight is 337 g/mol. The van der Waals surface area contributed by atoms with Gasteiger partial charge in [0, 0.05) is 58.1 Å². The molecule has 0 saturated carbocycles. The first-order valence-corrected chi connectivity index (χ1v) is 8.99. The summed E-state index contributed by atoms with van der Waals surface area (Å²) in [4.78, 5) is 11.1. The van der Waals surface area contributed by atoms with Gasteiger partial charge in [0.25, 0.3) is 0 Å². The van der Waals surface area contributed by atoms with Crippen molar-refractivity contribution in [1.29, 1.82) is 0 Å². The molecule has 5 heteroatoms. The third-order valence-electron chi connectivity index (χ3n) is 4.55. The summed E-state index contributed by atoms with van der Waals surface area (Å²) in [7, 11) is 1.81. The molecular weight excluding hydrogens is 310 g/mol. The van der Waals surface area contributed by atoms with Crippen LogP contribution < -0.4 is 10.6 Å². The van der Waals surface area contributed by atoms with Crippen molar-refractivity contribution in [2.45, 2.75) is 19.4 Å². The number of aromatic nitrogens is 1. The van der Waals surface area contributed by atoms with E-state index in [1.807, 2.05) is 31.4 Å². The molecule has 1 aliphatic rings.